The van der Waals surface area contributed by atoms with Crippen molar-refractivity contribution in [2.24, 2.45) is 0 Å². The third kappa shape index (κ3) is 4.73. The first kappa shape index (κ1) is 12.8. The molecule has 0 N–H and O–H groups in total. The molecular weight excluding hydrogens is 218 g/mol. The van der Waals surface area contributed by atoms with Crippen molar-refractivity contribution in [2.75, 3.05) is 6.61 Å². The Labute approximate surface area is 74.1 Å². The van der Waals surface area contributed by atoms with Crippen LogP contribution in [0.1, 0.15) is 0 Å². The zero-order chi connectivity index (χ0) is 11.6. The van der Waals surface area contributed by atoms with Gasteiger partial charge in [-0.1, -0.05) is 6.58 Å². The molecular formula is C6H4F6O2. The summed E-state index contributed by atoms with van der Waals surface area (Å²) in [5.74, 6) is -2.13. The van der Waals surface area contributed by atoms with E-state index in [1.807, 2.05) is 0 Å². The maximum Gasteiger partial charge on any atom is 0.422 e. The van der Waals surface area contributed by atoms with E-state index in [-0.39, 0.29) is 0 Å². The van der Waals surface area contributed by atoms with Crippen LogP contribution in [-0.2, 0) is 9.53 Å². The van der Waals surface area contributed by atoms with Gasteiger partial charge in [-0.05, 0) is 0 Å². The largest absolute Gasteiger partial charge is 0.452 e. The molecule has 0 aromatic rings. The van der Waals surface area contributed by atoms with Gasteiger partial charge in [-0.2, -0.15) is 26.3 Å². The quantitative estimate of drug-likeness (QED) is 0.406. The monoisotopic (exact) mass is 222 g/mol. The molecule has 0 radical (unpaired) electrons. The second kappa shape index (κ2) is 3.89. The highest BCUT2D eigenvalue weighted by molar-refractivity contribution is 5.89. The van der Waals surface area contributed by atoms with E-state index in [1.54, 1.807) is 0 Å². The predicted molar refractivity (Wildman–Crippen MR) is 32.2 cm³/mol. The maximum absolute atomic E-state index is 11.6. The van der Waals surface area contributed by atoms with Crippen molar-refractivity contribution in [1.82, 2.24) is 0 Å². The molecule has 14 heavy (non-hydrogen) atoms. The highest BCUT2D eigenvalue weighted by atomic mass is 19.4. The van der Waals surface area contributed by atoms with Crippen LogP contribution in [0.2, 0.25) is 0 Å². The Balaban J connectivity index is 4.19. The third-order valence-electron chi connectivity index (χ3n) is 0.956. The van der Waals surface area contributed by atoms with E-state index in [1.165, 1.54) is 0 Å². The molecule has 0 saturated carbocycles. The lowest BCUT2D eigenvalue weighted by molar-refractivity contribution is -0.188. The second-order valence-corrected chi connectivity index (χ2v) is 2.17. The lowest BCUT2D eigenvalue weighted by Gasteiger charge is -2.10. The molecule has 0 heterocycles. The second-order valence-electron chi connectivity index (χ2n) is 2.17. The van der Waals surface area contributed by atoms with Gasteiger partial charge in [-0.15, -0.1) is 0 Å². The topological polar surface area (TPSA) is 26.3 Å². The zero-order valence-electron chi connectivity index (χ0n) is 6.50. The van der Waals surface area contributed by atoms with Crippen LogP contribution in [0.25, 0.3) is 0 Å². The number of hydrogen-bond acceptors (Lipinski definition) is 2. The van der Waals surface area contributed by atoms with Gasteiger partial charge in [0.05, 0.1) is 0 Å². The molecule has 8 heteroatoms. The summed E-state index contributed by atoms with van der Waals surface area (Å²) in [6.45, 7) is 0.191. The summed E-state index contributed by atoms with van der Waals surface area (Å²) in [6, 6.07) is 0. The summed E-state index contributed by atoms with van der Waals surface area (Å²) in [5, 5.41) is 0. The van der Waals surface area contributed by atoms with Crippen LogP contribution in [0, 0.1) is 0 Å². The van der Waals surface area contributed by atoms with E-state index in [0.717, 1.165) is 0 Å². The van der Waals surface area contributed by atoms with Gasteiger partial charge < -0.3 is 4.74 Å². The highest BCUT2D eigenvalue weighted by Crippen LogP contribution is 2.25. The van der Waals surface area contributed by atoms with Crippen molar-refractivity contribution in [3.63, 3.8) is 0 Å². The normalized spacial score (nSPS) is 12.4. The van der Waals surface area contributed by atoms with Crippen molar-refractivity contribution >= 4 is 5.97 Å². The van der Waals surface area contributed by atoms with E-state index in [0.29, 0.717) is 0 Å². The van der Waals surface area contributed by atoms with Crippen LogP contribution in [0.4, 0.5) is 26.3 Å². The molecule has 0 rings (SSSR count). The summed E-state index contributed by atoms with van der Waals surface area (Å²) >= 11 is 0. The number of rotatable bonds is 2. The lowest BCUT2D eigenvalue weighted by atomic mass is 10.3. The maximum atomic E-state index is 11.6. The number of carbonyl (C=O) groups is 1. The fourth-order valence-electron chi connectivity index (χ4n) is 0.350. The van der Waals surface area contributed by atoms with Crippen LogP contribution in [0.3, 0.4) is 0 Å². The molecule has 82 valence electrons. The lowest BCUT2D eigenvalue weighted by Crippen LogP contribution is -2.26. The molecule has 0 atom stereocenters. The Morgan fingerprint density at radius 2 is 1.57 bits per heavy atom. The average molecular weight is 222 g/mol. The Kier molecular flexibility index (Phi) is 3.55. The van der Waals surface area contributed by atoms with E-state index in [4.69, 9.17) is 0 Å². The summed E-state index contributed by atoms with van der Waals surface area (Å²) in [4.78, 5) is 10.3. The molecule has 0 unspecified atom stereocenters. The number of carbonyl (C=O) groups excluding carboxylic acids is 1. The van der Waals surface area contributed by atoms with Gasteiger partial charge in [0.25, 0.3) is 0 Å². The average Bonchev–Trinajstić information content (AvgIpc) is 1.95. The molecule has 0 spiro atoms. The number of ether oxygens (including phenoxy) is 1. The third-order valence-corrected chi connectivity index (χ3v) is 0.956. The standard InChI is InChI=1S/C6H4F6O2/c1-3(6(10,11)12)4(13)14-2-5(7,8)9/h1-2H2. The fraction of sp³-hybridized carbons (Fsp3) is 0.500. The van der Waals surface area contributed by atoms with Gasteiger partial charge in [0, 0.05) is 0 Å². The SMILES string of the molecule is C=C(C(=O)OCC(F)(F)F)C(F)(F)F. The first-order chi connectivity index (χ1) is 6.04. The Morgan fingerprint density at radius 1 is 1.14 bits per heavy atom. The highest BCUT2D eigenvalue weighted by Gasteiger charge is 2.39. The van der Waals surface area contributed by atoms with E-state index < -0.39 is 30.5 Å². The predicted octanol–water partition coefficient (Wildman–Crippen LogP) is 2.21. The van der Waals surface area contributed by atoms with Crippen molar-refractivity contribution in [3.8, 4) is 0 Å². The van der Waals surface area contributed by atoms with Gasteiger partial charge in [0.15, 0.2) is 6.61 Å². The van der Waals surface area contributed by atoms with Crippen LogP contribution >= 0.6 is 0 Å². The molecule has 2 nitrogen and oxygen atoms in total. The Morgan fingerprint density at radius 3 is 1.86 bits per heavy atom. The van der Waals surface area contributed by atoms with Gasteiger partial charge in [0.1, 0.15) is 5.57 Å². The molecule has 0 aliphatic heterocycles. The van der Waals surface area contributed by atoms with E-state index in [2.05, 4.69) is 11.3 Å². The summed E-state index contributed by atoms with van der Waals surface area (Å²) in [6.07, 6.45) is -9.94. The molecule has 0 amide bonds. The number of halogens is 6. The number of esters is 1. The molecule has 0 fully saturated rings. The first-order valence-electron chi connectivity index (χ1n) is 3.04. The van der Waals surface area contributed by atoms with Crippen molar-refractivity contribution in [3.05, 3.63) is 12.2 Å². The van der Waals surface area contributed by atoms with Crippen LogP contribution in [0.15, 0.2) is 12.2 Å². The molecule has 0 bridgehead atoms. The van der Waals surface area contributed by atoms with Crippen LogP contribution in [-0.4, -0.2) is 24.9 Å². The molecule has 0 saturated heterocycles. The van der Waals surface area contributed by atoms with Gasteiger partial charge in [-0.3, -0.25) is 0 Å². The fourth-order valence-corrected chi connectivity index (χ4v) is 0.350. The Hall–Kier alpha value is -1.21. The summed E-state index contributed by atoms with van der Waals surface area (Å²) in [7, 11) is 0. The molecule has 0 aliphatic rings. The van der Waals surface area contributed by atoms with E-state index >= 15 is 0 Å². The van der Waals surface area contributed by atoms with Crippen molar-refractivity contribution in [1.29, 1.82) is 0 Å². The molecule has 0 aromatic heterocycles. The smallest absolute Gasteiger partial charge is 0.422 e. The minimum atomic E-state index is -5.08. The van der Waals surface area contributed by atoms with Crippen molar-refractivity contribution < 1.29 is 35.9 Å². The minimum Gasteiger partial charge on any atom is -0.452 e. The van der Waals surface area contributed by atoms with Crippen molar-refractivity contribution in [2.45, 2.75) is 12.4 Å². The van der Waals surface area contributed by atoms with Gasteiger partial charge in [-0.25, -0.2) is 4.79 Å². The minimum absolute atomic E-state index is 1.97. The number of alkyl halides is 6. The van der Waals surface area contributed by atoms with Gasteiger partial charge in [0.2, 0.25) is 0 Å². The van der Waals surface area contributed by atoms with E-state index in [9.17, 15) is 31.1 Å². The molecule has 0 aliphatic carbocycles. The van der Waals surface area contributed by atoms with Crippen LogP contribution < -0.4 is 0 Å². The first-order valence-corrected chi connectivity index (χ1v) is 3.04. The Bertz CT molecular complexity index is 238. The zero-order valence-corrected chi connectivity index (χ0v) is 6.50. The van der Waals surface area contributed by atoms with Crippen LogP contribution in [0.5, 0.6) is 0 Å². The molecule has 0 aromatic carbocycles. The summed E-state index contributed by atoms with van der Waals surface area (Å²) < 4.78 is 72.4. The summed E-state index contributed by atoms with van der Waals surface area (Å²) in [5.41, 5.74) is -1.97. The number of hydrogen-bond donors (Lipinski definition) is 0. The van der Waals surface area contributed by atoms with Gasteiger partial charge >= 0.3 is 18.3 Å².